The molecule has 1 aromatic heterocycles. The number of nitrogens with one attached hydrogen (secondary N) is 1. The molecule has 2 aromatic carbocycles. The van der Waals surface area contributed by atoms with Gasteiger partial charge >= 0.3 is 0 Å². The molecular weight excluding hydrogens is 288 g/mol. The summed E-state index contributed by atoms with van der Waals surface area (Å²) >= 11 is 0. The Morgan fingerprint density at radius 2 is 1.96 bits per heavy atom. The van der Waals surface area contributed by atoms with Crippen LogP contribution in [-0.2, 0) is 13.1 Å². The number of methoxy groups -OCH3 is 1. The maximum Gasteiger partial charge on any atom is 0.119 e. The molecule has 0 spiro atoms. The van der Waals surface area contributed by atoms with Crippen LogP contribution in [0, 0.1) is 0 Å². The monoisotopic (exact) mass is 310 g/mol. The van der Waals surface area contributed by atoms with Gasteiger partial charge in [-0.25, -0.2) is 0 Å². The first-order valence-corrected chi connectivity index (χ1v) is 7.90. The average Bonchev–Trinajstić information content (AvgIpc) is 3.02. The quantitative estimate of drug-likeness (QED) is 0.759. The molecule has 5 nitrogen and oxygen atoms in total. The highest BCUT2D eigenvalue weighted by Gasteiger charge is 2.07. The predicted molar refractivity (Wildman–Crippen MR) is 91.5 cm³/mol. The minimum Gasteiger partial charge on any atom is -0.497 e. The van der Waals surface area contributed by atoms with E-state index in [1.54, 1.807) is 11.9 Å². The molecule has 0 radical (unpaired) electrons. The lowest BCUT2D eigenvalue weighted by molar-refractivity contribution is 0.413. The lowest BCUT2D eigenvalue weighted by Crippen LogP contribution is -2.18. The molecule has 0 saturated heterocycles. The molecule has 0 aliphatic rings. The molecule has 1 heterocycles. The second kappa shape index (κ2) is 6.79. The maximum atomic E-state index is 5.28. The fourth-order valence-corrected chi connectivity index (χ4v) is 2.56. The van der Waals surface area contributed by atoms with Gasteiger partial charge < -0.3 is 10.1 Å². The molecule has 3 aromatic rings. The van der Waals surface area contributed by atoms with Gasteiger partial charge in [-0.2, -0.15) is 15.0 Å². The summed E-state index contributed by atoms with van der Waals surface area (Å²) in [4.78, 5) is 1.72. The van der Waals surface area contributed by atoms with Crippen molar-refractivity contribution in [1.29, 1.82) is 0 Å². The second-order valence-corrected chi connectivity index (χ2v) is 5.59. The van der Waals surface area contributed by atoms with Crippen molar-refractivity contribution in [2.45, 2.75) is 33.0 Å². The van der Waals surface area contributed by atoms with Crippen molar-refractivity contribution in [3.8, 4) is 5.75 Å². The fraction of sp³-hybridized carbons (Fsp3) is 0.333. The fourth-order valence-electron chi connectivity index (χ4n) is 2.56. The van der Waals surface area contributed by atoms with Crippen molar-refractivity contribution in [3.05, 3.63) is 53.6 Å². The minimum absolute atomic E-state index is 0.243. The van der Waals surface area contributed by atoms with Crippen molar-refractivity contribution >= 4 is 11.0 Å². The highest BCUT2D eigenvalue weighted by Crippen LogP contribution is 2.19. The largest absolute Gasteiger partial charge is 0.497 e. The van der Waals surface area contributed by atoms with Crippen LogP contribution in [0.4, 0.5) is 0 Å². The smallest absolute Gasteiger partial charge is 0.119 e. The van der Waals surface area contributed by atoms with Crippen molar-refractivity contribution in [1.82, 2.24) is 20.3 Å². The highest BCUT2D eigenvalue weighted by molar-refractivity contribution is 5.74. The van der Waals surface area contributed by atoms with Gasteiger partial charge in [0.05, 0.1) is 13.7 Å². The van der Waals surface area contributed by atoms with Crippen molar-refractivity contribution in [2.24, 2.45) is 0 Å². The van der Waals surface area contributed by atoms with Crippen LogP contribution in [-0.4, -0.2) is 22.1 Å². The third kappa shape index (κ3) is 3.51. The summed E-state index contributed by atoms with van der Waals surface area (Å²) in [6.07, 6.45) is 0. The van der Waals surface area contributed by atoms with E-state index in [4.69, 9.17) is 4.74 Å². The van der Waals surface area contributed by atoms with Gasteiger partial charge in [0, 0.05) is 12.6 Å². The van der Waals surface area contributed by atoms with E-state index in [0.717, 1.165) is 29.9 Å². The molecule has 1 N–H and O–H groups in total. The molecule has 0 bridgehead atoms. The number of hydrogen-bond donors (Lipinski definition) is 1. The molecule has 3 rings (SSSR count). The SMILES string of the molecule is CCn1nc2ccc(CNC(C)c3cccc(OC)c3)cc2n1. The van der Waals surface area contributed by atoms with E-state index in [9.17, 15) is 0 Å². The Morgan fingerprint density at radius 3 is 2.74 bits per heavy atom. The van der Waals surface area contributed by atoms with E-state index in [2.05, 4.69) is 46.7 Å². The standard InChI is InChI=1S/C18H22N4O/c1-4-22-20-17-9-8-14(10-18(17)21-22)12-19-13(2)15-6-5-7-16(11-15)23-3/h5-11,13,19H,4,12H2,1-3H3. The average molecular weight is 310 g/mol. The summed E-state index contributed by atoms with van der Waals surface area (Å²) in [6, 6.07) is 14.6. The van der Waals surface area contributed by atoms with Crippen LogP contribution in [0.15, 0.2) is 42.5 Å². The summed E-state index contributed by atoms with van der Waals surface area (Å²) in [7, 11) is 1.69. The van der Waals surface area contributed by atoms with E-state index in [-0.39, 0.29) is 6.04 Å². The van der Waals surface area contributed by atoms with E-state index < -0.39 is 0 Å². The van der Waals surface area contributed by atoms with Gasteiger partial charge in [-0.3, -0.25) is 0 Å². The molecule has 1 unspecified atom stereocenters. The van der Waals surface area contributed by atoms with Crippen LogP contribution in [0.25, 0.3) is 11.0 Å². The second-order valence-electron chi connectivity index (χ2n) is 5.59. The Balaban J connectivity index is 1.69. The van der Waals surface area contributed by atoms with Gasteiger partial charge in [0.15, 0.2) is 0 Å². The zero-order valence-electron chi connectivity index (χ0n) is 13.8. The first-order valence-electron chi connectivity index (χ1n) is 7.90. The molecule has 120 valence electrons. The van der Waals surface area contributed by atoms with Gasteiger partial charge in [-0.15, -0.1) is 0 Å². The third-order valence-electron chi connectivity index (χ3n) is 3.98. The minimum atomic E-state index is 0.243. The first-order chi connectivity index (χ1) is 11.2. The van der Waals surface area contributed by atoms with Crippen molar-refractivity contribution in [3.63, 3.8) is 0 Å². The van der Waals surface area contributed by atoms with E-state index >= 15 is 0 Å². The number of rotatable bonds is 6. The van der Waals surface area contributed by atoms with Crippen LogP contribution in [0.5, 0.6) is 5.75 Å². The van der Waals surface area contributed by atoms with Crippen molar-refractivity contribution < 1.29 is 4.74 Å². The van der Waals surface area contributed by atoms with Crippen LogP contribution in [0.3, 0.4) is 0 Å². The van der Waals surface area contributed by atoms with Crippen LogP contribution in [0.2, 0.25) is 0 Å². The van der Waals surface area contributed by atoms with Gasteiger partial charge in [0.25, 0.3) is 0 Å². The molecule has 1 atom stereocenters. The Hall–Kier alpha value is -2.40. The Bertz CT molecular complexity index is 797. The first kappa shape index (κ1) is 15.5. The number of ether oxygens (including phenoxy) is 1. The van der Waals surface area contributed by atoms with Crippen LogP contribution < -0.4 is 10.1 Å². The maximum absolute atomic E-state index is 5.28. The number of fused-ring (bicyclic) bond motifs is 1. The molecule has 0 amide bonds. The molecule has 0 aliphatic heterocycles. The lowest BCUT2D eigenvalue weighted by atomic mass is 10.1. The third-order valence-corrected chi connectivity index (χ3v) is 3.98. The van der Waals surface area contributed by atoms with Gasteiger partial charge in [-0.1, -0.05) is 18.2 Å². The molecule has 0 fully saturated rings. The number of nitrogens with zero attached hydrogens (tertiary/aromatic N) is 3. The molecule has 23 heavy (non-hydrogen) atoms. The number of aryl methyl sites for hydroxylation is 1. The number of aromatic nitrogens is 3. The predicted octanol–water partition coefficient (Wildman–Crippen LogP) is 3.31. The summed E-state index contributed by atoms with van der Waals surface area (Å²) < 4.78 is 5.28. The number of benzene rings is 2. The Morgan fingerprint density at radius 1 is 1.13 bits per heavy atom. The van der Waals surface area contributed by atoms with Gasteiger partial charge in [-0.05, 0) is 49.2 Å². The molecule has 0 aliphatic carbocycles. The Labute approximate surface area is 136 Å². The van der Waals surface area contributed by atoms with E-state index in [1.165, 1.54) is 11.1 Å². The normalized spacial score (nSPS) is 12.5. The van der Waals surface area contributed by atoms with Crippen LogP contribution >= 0.6 is 0 Å². The molecule has 5 heteroatoms. The van der Waals surface area contributed by atoms with Crippen molar-refractivity contribution in [2.75, 3.05) is 7.11 Å². The van der Waals surface area contributed by atoms with Crippen LogP contribution in [0.1, 0.15) is 31.0 Å². The molecular formula is C18H22N4O. The Kier molecular flexibility index (Phi) is 4.57. The summed E-state index contributed by atoms with van der Waals surface area (Å²) in [5.74, 6) is 0.883. The zero-order valence-corrected chi connectivity index (χ0v) is 13.8. The van der Waals surface area contributed by atoms with Gasteiger partial charge in [0.1, 0.15) is 16.8 Å². The van der Waals surface area contributed by atoms with E-state index in [0.29, 0.717) is 0 Å². The highest BCUT2D eigenvalue weighted by atomic mass is 16.5. The van der Waals surface area contributed by atoms with E-state index in [1.807, 2.05) is 25.1 Å². The zero-order chi connectivity index (χ0) is 16.2. The topological polar surface area (TPSA) is 52.0 Å². The lowest BCUT2D eigenvalue weighted by Gasteiger charge is -2.15. The number of hydrogen-bond acceptors (Lipinski definition) is 4. The summed E-state index contributed by atoms with van der Waals surface area (Å²) in [5, 5.41) is 12.4. The summed E-state index contributed by atoms with van der Waals surface area (Å²) in [6.45, 7) is 5.76. The molecule has 0 saturated carbocycles. The van der Waals surface area contributed by atoms with Gasteiger partial charge in [0.2, 0.25) is 0 Å². The summed E-state index contributed by atoms with van der Waals surface area (Å²) in [5.41, 5.74) is 4.30.